The van der Waals surface area contributed by atoms with Gasteiger partial charge < -0.3 is 10.2 Å². The number of aromatic nitrogens is 2. The van der Waals surface area contributed by atoms with Crippen LogP contribution in [0.25, 0.3) is 10.2 Å². The summed E-state index contributed by atoms with van der Waals surface area (Å²) in [5, 5.41) is 7.99. The van der Waals surface area contributed by atoms with Crippen LogP contribution < -0.4 is 5.32 Å². The molecule has 0 atom stereocenters. The van der Waals surface area contributed by atoms with Gasteiger partial charge in [-0.05, 0) is 38.7 Å². The number of hydrogen-bond acceptors (Lipinski definition) is 6. The van der Waals surface area contributed by atoms with E-state index in [1.807, 2.05) is 13.0 Å². The summed E-state index contributed by atoms with van der Waals surface area (Å²) in [6.45, 7) is 2.60. The number of carbonyl (C=O) groups is 2. The summed E-state index contributed by atoms with van der Waals surface area (Å²) in [5.74, 6) is -0.119. The molecular formula is C21H31N5O4S2. The first-order valence-corrected chi connectivity index (χ1v) is 13.4. The fourth-order valence-corrected chi connectivity index (χ4v) is 6.50. The zero-order chi connectivity index (χ0) is 23.0. The van der Waals surface area contributed by atoms with Gasteiger partial charge in [-0.1, -0.05) is 19.3 Å². The van der Waals surface area contributed by atoms with Crippen molar-refractivity contribution in [2.45, 2.75) is 64.0 Å². The molecule has 0 bridgehead atoms. The highest BCUT2D eigenvalue weighted by Gasteiger charge is 2.33. The van der Waals surface area contributed by atoms with Crippen LogP contribution in [0, 0.1) is 6.92 Å². The van der Waals surface area contributed by atoms with Gasteiger partial charge in [0, 0.05) is 38.6 Å². The highest BCUT2D eigenvalue weighted by atomic mass is 32.2. The molecule has 2 amide bonds. The van der Waals surface area contributed by atoms with E-state index in [1.165, 1.54) is 49.6 Å². The van der Waals surface area contributed by atoms with Crippen LogP contribution >= 0.6 is 11.3 Å². The predicted molar refractivity (Wildman–Crippen MR) is 125 cm³/mol. The zero-order valence-corrected chi connectivity index (χ0v) is 20.5. The number of nitrogens with zero attached hydrogens (tertiary/aromatic N) is 4. The number of piperidine rings is 1. The van der Waals surface area contributed by atoms with E-state index < -0.39 is 15.3 Å². The Morgan fingerprint density at radius 2 is 1.78 bits per heavy atom. The van der Waals surface area contributed by atoms with Gasteiger partial charge in [-0.3, -0.25) is 14.3 Å². The highest BCUT2D eigenvalue weighted by Crippen LogP contribution is 2.35. The monoisotopic (exact) mass is 481 g/mol. The second-order valence-electron chi connectivity index (χ2n) is 8.94. The normalized spacial score (nSPS) is 19.1. The average molecular weight is 482 g/mol. The lowest BCUT2D eigenvalue weighted by Gasteiger charge is -2.32. The quantitative estimate of drug-likeness (QED) is 0.722. The lowest BCUT2D eigenvalue weighted by atomic mass is 9.96. The molecule has 0 radical (unpaired) electrons. The Kier molecular flexibility index (Phi) is 6.60. The Bertz CT molecular complexity index is 1110. The van der Waals surface area contributed by atoms with Gasteiger partial charge in [0.05, 0.1) is 16.6 Å². The molecule has 0 spiro atoms. The first-order chi connectivity index (χ1) is 15.2. The van der Waals surface area contributed by atoms with Crippen molar-refractivity contribution < 1.29 is 18.0 Å². The van der Waals surface area contributed by atoms with Crippen LogP contribution in [0.1, 0.15) is 66.4 Å². The van der Waals surface area contributed by atoms with Gasteiger partial charge in [0.1, 0.15) is 4.83 Å². The van der Waals surface area contributed by atoms with Crippen molar-refractivity contribution >= 4 is 42.7 Å². The topological polar surface area (TPSA) is 105 Å². The van der Waals surface area contributed by atoms with E-state index in [1.54, 1.807) is 0 Å². The van der Waals surface area contributed by atoms with Gasteiger partial charge in [0.2, 0.25) is 0 Å². The summed E-state index contributed by atoms with van der Waals surface area (Å²) in [5.41, 5.74) is 0.954. The molecule has 32 heavy (non-hydrogen) atoms. The second-order valence-corrected chi connectivity index (χ2v) is 12.0. The lowest BCUT2D eigenvalue weighted by Crippen LogP contribution is -2.49. The summed E-state index contributed by atoms with van der Waals surface area (Å²) >= 11 is 1.49. The van der Waals surface area contributed by atoms with Crippen molar-refractivity contribution in [1.29, 1.82) is 0 Å². The Labute approximate surface area is 192 Å². The van der Waals surface area contributed by atoms with Crippen LogP contribution in [0.15, 0.2) is 6.07 Å². The fraction of sp³-hybridized carbons (Fsp3) is 0.667. The van der Waals surface area contributed by atoms with Crippen molar-refractivity contribution in [3.05, 3.63) is 16.6 Å². The van der Waals surface area contributed by atoms with Gasteiger partial charge in [-0.15, -0.1) is 11.3 Å². The number of rotatable bonds is 4. The smallest absolute Gasteiger partial charge is 0.348 e. The molecule has 1 saturated heterocycles. The molecule has 0 unspecified atom stereocenters. The van der Waals surface area contributed by atoms with Crippen molar-refractivity contribution in [1.82, 2.24) is 24.3 Å². The van der Waals surface area contributed by atoms with Crippen molar-refractivity contribution in [3.8, 4) is 0 Å². The van der Waals surface area contributed by atoms with Gasteiger partial charge in [0.25, 0.3) is 15.9 Å². The van der Waals surface area contributed by atoms with Gasteiger partial charge in [-0.25, -0.2) is 8.42 Å². The predicted octanol–water partition coefficient (Wildman–Crippen LogP) is 3.12. The number of likely N-dealkylation sites (tertiary alicyclic amines) is 1. The number of thiophene rings is 1. The number of carbonyl (C=O) groups excluding carboxylic acids is 2. The molecule has 9 nitrogen and oxygen atoms in total. The third-order valence-corrected chi connectivity index (χ3v) is 9.29. The molecule has 1 saturated carbocycles. The molecule has 2 aliphatic rings. The average Bonchev–Trinajstić information content (AvgIpc) is 3.35. The number of amides is 2. The van der Waals surface area contributed by atoms with E-state index in [9.17, 15) is 18.0 Å². The molecule has 176 valence electrons. The number of nitrogens with one attached hydrogen (secondary N) is 1. The number of sulfonamides is 1. The number of hydrogen-bond donors (Lipinski definition) is 1. The Hall–Kier alpha value is -1.98. The molecule has 3 heterocycles. The van der Waals surface area contributed by atoms with Crippen molar-refractivity contribution in [3.63, 3.8) is 0 Å². The van der Waals surface area contributed by atoms with Gasteiger partial charge in [0.15, 0.2) is 0 Å². The second kappa shape index (κ2) is 9.11. The molecule has 2 aromatic rings. The molecule has 0 aromatic carbocycles. The van der Waals surface area contributed by atoms with Crippen molar-refractivity contribution in [2.24, 2.45) is 0 Å². The molecule has 4 rings (SSSR count). The molecule has 1 N–H and O–H groups in total. The Balaban J connectivity index is 1.40. The van der Waals surface area contributed by atoms with E-state index in [0.717, 1.165) is 33.1 Å². The Morgan fingerprint density at radius 3 is 2.41 bits per heavy atom. The van der Waals surface area contributed by atoms with Crippen LogP contribution in [0.3, 0.4) is 0 Å². The third-order valence-electron chi connectivity index (χ3n) is 6.50. The van der Waals surface area contributed by atoms with Crippen LogP contribution in [-0.4, -0.2) is 71.8 Å². The molecule has 1 aliphatic heterocycles. The van der Waals surface area contributed by atoms with E-state index in [-0.39, 0.29) is 11.9 Å². The largest absolute Gasteiger partial charge is 0.354 e. The van der Waals surface area contributed by atoms with E-state index >= 15 is 0 Å². The van der Waals surface area contributed by atoms with Gasteiger partial charge >= 0.3 is 5.24 Å². The van der Waals surface area contributed by atoms with Crippen LogP contribution in [-0.2, 0) is 10.0 Å². The van der Waals surface area contributed by atoms with Crippen LogP contribution in [0.5, 0.6) is 0 Å². The SMILES string of the molecule is Cc1nn(C2CCCCC2)c2sc(C(=O)NC3CCN(C(=O)S(=O)(=O)N(C)C)CC3)cc12. The minimum atomic E-state index is -3.96. The zero-order valence-electron chi connectivity index (χ0n) is 18.8. The molecular weight excluding hydrogens is 450 g/mol. The maximum Gasteiger partial charge on any atom is 0.354 e. The molecule has 2 aromatic heterocycles. The van der Waals surface area contributed by atoms with E-state index in [4.69, 9.17) is 5.10 Å². The minimum absolute atomic E-state index is 0.0882. The lowest BCUT2D eigenvalue weighted by molar-refractivity contribution is 0.0924. The molecule has 1 aliphatic carbocycles. The minimum Gasteiger partial charge on any atom is -0.348 e. The first kappa shape index (κ1) is 23.2. The summed E-state index contributed by atoms with van der Waals surface area (Å²) in [4.78, 5) is 28.3. The van der Waals surface area contributed by atoms with Crippen molar-refractivity contribution in [2.75, 3.05) is 27.2 Å². The van der Waals surface area contributed by atoms with E-state index in [2.05, 4.69) is 10.00 Å². The third kappa shape index (κ3) is 4.42. The summed E-state index contributed by atoms with van der Waals surface area (Å²) in [6, 6.07) is 2.25. The summed E-state index contributed by atoms with van der Waals surface area (Å²) in [6.07, 6.45) is 7.05. The fourth-order valence-electron chi connectivity index (χ4n) is 4.54. The van der Waals surface area contributed by atoms with Crippen LogP contribution in [0.2, 0.25) is 0 Å². The number of fused-ring (bicyclic) bond motifs is 1. The summed E-state index contributed by atoms with van der Waals surface area (Å²) < 4.78 is 27.2. The number of aryl methyl sites for hydroxylation is 1. The standard InChI is InChI=1S/C21H31N5O4S2/c1-14-17-13-18(31-20(17)26(23-14)16-7-5-4-6-8-16)19(27)22-15-9-11-25(12-10-15)21(28)32(29,30)24(2)3/h13,15-16H,4-12H2,1-3H3,(H,22,27). The molecule has 2 fully saturated rings. The van der Waals surface area contributed by atoms with Gasteiger partial charge in [-0.2, -0.15) is 9.40 Å². The Morgan fingerprint density at radius 1 is 1.12 bits per heavy atom. The summed E-state index contributed by atoms with van der Waals surface area (Å²) in [7, 11) is -1.26. The van der Waals surface area contributed by atoms with E-state index in [0.29, 0.717) is 36.9 Å². The van der Waals surface area contributed by atoms with Crippen LogP contribution in [0.4, 0.5) is 4.79 Å². The molecule has 11 heteroatoms. The highest BCUT2D eigenvalue weighted by molar-refractivity contribution is 8.03. The first-order valence-electron chi connectivity index (χ1n) is 11.2. The maximum atomic E-state index is 12.9. The maximum absolute atomic E-state index is 12.9.